The Bertz CT molecular complexity index is 686. The van der Waals surface area contributed by atoms with Crippen molar-refractivity contribution in [1.82, 2.24) is 25.8 Å². The zero-order valence-electron chi connectivity index (χ0n) is 12.3. The third kappa shape index (κ3) is 4.19. The van der Waals surface area contributed by atoms with Crippen LogP contribution in [0.3, 0.4) is 0 Å². The Morgan fingerprint density at radius 2 is 2.13 bits per heavy atom. The molecule has 1 atom stereocenters. The number of nitrogens with one attached hydrogen (secondary N) is 2. The van der Waals surface area contributed by atoms with Gasteiger partial charge in [0.05, 0.1) is 19.0 Å². The normalized spacial score (nSPS) is 12.7. The molecule has 0 saturated carbocycles. The van der Waals surface area contributed by atoms with Gasteiger partial charge in [-0.3, -0.25) is 10.2 Å². The number of nitrogens with zero attached hydrogens (tertiary/aromatic N) is 3. The van der Waals surface area contributed by atoms with Crippen molar-refractivity contribution in [3.63, 3.8) is 0 Å². The van der Waals surface area contributed by atoms with Crippen LogP contribution in [0.5, 0.6) is 5.75 Å². The monoisotopic (exact) mass is 329 g/mol. The smallest absolute Gasteiger partial charge is 0.405 e. The number of rotatable bonds is 5. The zero-order valence-corrected chi connectivity index (χ0v) is 12.3. The van der Waals surface area contributed by atoms with Gasteiger partial charge in [-0.25, -0.2) is 10.1 Å². The Morgan fingerprint density at radius 1 is 1.39 bits per heavy atom. The number of alkyl halides is 3. The number of halogens is 3. The highest BCUT2D eigenvalue weighted by molar-refractivity contribution is 5.91. The lowest BCUT2D eigenvalue weighted by atomic mass is 10.3. The molecule has 0 radical (unpaired) electrons. The Kier molecular flexibility index (Phi) is 4.84. The van der Waals surface area contributed by atoms with Crippen LogP contribution in [0.1, 0.15) is 17.4 Å². The fourth-order valence-electron chi connectivity index (χ4n) is 1.57. The molecule has 7 nitrogen and oxygen atoms in total. The van der Waals surface area contributed by atoms with Gasteiger partial charge in [-0.05, 0) is 19.1 Å². The highest BCUT2D eigenvalue weighted by Crippen LogP contribution is 2.19. The second-order valence-corrected chi connectivity index (χ2v) is 4.61. The van der Waals surface area contributed by atoms with Crippen molar-refractivity contribution < 1.29 is 22.7 Å². The molecular formula is C13H14F3N5O2. The van der Waals surface area contributed by atoms with E-state index in [0.29, 0.717) is 11.4 Å². The van der Waals surface area contributed by atoms with Gasteiger partial charge < -0.3 is 4.74 Å². The van der Waals surface area contributed by atoms with Crippen LogP contribution in [-0.4, -0.2) is 40.2 Å². The number of hydrogen-bond donors (Lipinski definition) is 2. The lowest BCUT2D eigenvalue weighted by Gasteiger charge is -2.16. The summed E-state index contributed by atoms with van der Waals surface area (Å²) in [6, 6.07) is 4.95. The van der Waals surface area contributed by atoms with E-state index in [0.717, 1.165) is 6.92 Å². The third-order valence-corrected chi connectivity index (χ3v) is 2.94. The number of hydrogen-bond acceptors (Lipinski definition) is 5. The maximum absolute atomic E-state index is 12.3. The molecule has 2 rings (SSSR count). The summed E-state index contributed by atoms with van der Waals surface area (Å²) in [5.74, 6) is -0.236. The molecule has 124 valence electrons. The molecule has 1 amide bonds. The van der Waals surface area contributed by atoms with E-state index in [4.69, 9.17) is 4.74 Å². The maximum Gasteiger partial charge on any atom is 0.405 e. The van der Waals surface area contributed by atoms with Gasteiger partial charge in [-0.2, -0.15) is 13.2 Å². The summed E-state index contributed by atoms with van der Waals surface area (Å²) in [6.45, 7) is 0.882. The average molecular weight is 329 g/mol. The number of methoxy groups -OCH3 is 1. The van der Waals surface area contributed by atoms with Crippen molar-refractivity contribution in [2.24, 2.45) is 0 Å². The number of hydrazine groups is 1. The SMILES string of the molecule is COc1cccc(-n2cc(C(=O)NNC(C)C(F)(F)F)nn2)c1. The lowest BCUT2D eigenvalue weighted by molar-refractivity contribution is -0.153. The number of carbonyl (C=O) groups excluding carboxylic acids is 1. The van der Waals surface area contributed by atoms with Crippen LogP contribution in [0, 0.1) is 0 Å². The predicted molar refractivity (Wildman–Crippen MR) is 74.0 cm³/mol. The first-order valence-electron chi connectivity index (χ1n) is 6.50. The topological polar surface area (TPSA) is 81.1 Å². The van der Waals surface area contributed by atoms with E-state index >= 15 is 0 Å². The second-order valence-electron chi connectivity index (χ2n) is 4.61. The van der Waals surface area contributed by atoms with Gasteiger partial charge in [0.1, 0.15) is 11.8 Å². The van der Waals surface area contributed by atoms with E-state index in [9.17, 15) is 18.0 Å². The van der Waals surface area contributed by atoms with Crippen LogP contribution in [-0.2, 0) is 0 Å². The molecule has 1 aromatic carbocycles. The van der Waals surface area contributed by atoms with Gasteiger partial charge in [0.15, 0.2) is 5.69 Å². The lowest BCUT2D eigenvalue weighted by Crippen LogP contribution is -2.49. The Morgan fingerprint density at radius 3 is 2.78 bits per heavy atom. The van der Waals surface area contributed by atoms with Crippen LogP contribution in [0.25, 0.3) is 5.69 Å². The van der Waals surface area contributed by atoms with Crippen LogP contribution in [0.15, 0.2) is 30.5 Å². The number of aromatic nitrogens is 3. The van der Waals surface area contributed by atoms with Gasteiger partial charge in [0.2, 0.25) is 0 Å². The molecule has 2 N–H and O–H groups in total. The quantitative estimate of drug-likeness (QED) is 0.812. The molecule has 1 aromatic heterocycles. The maximum atomic E-state index is 12.3. The molecule has 0 fully saturated rings. The first kappa shape index (κ1) is 16.7. The second kappa shape index (κ2) is 6.65. The molecule has 0 aliphatic heterocycles. The molecule has 10 heteroatoms. The largest absolute Gasteiger partial charge is 0.497 e. The van der Waals surface area contributed by atoms with Gasteiger partial charge in [-0.1, -0.05) is 11.3 Å². The standard InChI is InChI=1S/C13H14F3N5O2/c1-8(13(14,15)16)17-19-12(22)11-7-21(20-18-11)9-4-3-5-10(6-9)23-2/h3-8,17H,1-2H3,(H,19,22). The molecule has 1 unspecified atom stereocenters. The summed E-state index contributed by atoms with van der Waals surface area (Å²) in [5.41, 5.74) is 4.27. The zero-order chi connectivity index (χ0) is 17.0. The van der Waals surface area contributed by atoms with Crippen LogP contribution in [0.4, 0.5) is 13.2 Å². The Labute approximate surface area is 129 Å². The molecule has 1 heterocycles. The number of ether oxygens (including phenoxy) is 1. The fraction of sp³-hybridized carbons (Fsp3) is 0.308. The van der Waals surface area contributed by atoms with Crippen LogP contribution in [0.2, 0.25) is 0 Å². The summed E-state index contributed by atoms with van der Waals surface area (Å²) in [7, 11) is 1.51. The van der Waals surface area contributed by atoms with E-state index < -0.39 is 18.1 Å². The summed E-state index contributed by atoms with van der Waals surface area (Å²) < 4.78 is 43.4. The molecule has 0 spiro atoms. The summed E-state index contributed by atoms with van der Waals surface area (Å²) in [6.07, 6.45) is -3.17. The molecule has 0 aliphatic rings. The van der Waals surface area contributed by atoms with Crippen molar-refractivity contribution in [2.45, 2.75) is 19.1 Å². The highest BCUT2D eigenvalue weighted by Gasteiger charge is 2.36. The van der Waals surface area contributed by atoms with Crippen molar-refractivity contribution in [2.75, 3.05) is 7.11 Å². The number of carbonyl (C=O) groups is 1. The van der Waals surface area contributed by atoms with Crippen molar-refractivity contribution in [3.05, 3.63) is 36.2 Å². The van der Waals surface area contributed by atoms with E-state index in [-0.39, 0.29) is 5.69 Å². The minimum absolute atomic E-state index is 0.130. The fourth-order valence-corrected chi connectivity index (χ4v) is 1.57. The summed E-state index contributed by atoms with van der Waals surface area (Å²) >= 11 is 0. The van der Waals surface area contributed by atoms with Gasteiger partial charge in [0.25, 0.3) is 5.91 Å². The third-order valence-electron chi connectivity index (χ3n) is 2.94. The van der Waals surface area contributed by atoms with E-state index in [1.54, 1.807) is 24.3 Å². The Hall–Kier alpha value is -2.62. The molecule has 0 saturated heterocycles. The van der Waals surface area contributed by atoms with Gasteiger partial charge >= 0.3 is 6.18 Å². The van der Waals surface area contributed by atoms with Crippen LogP contribution < -0.4 is 15.6 Å². The minimum atomic E-state index is -4.47. The number of amides is 1. The molecular weight excluding hydrogens is 315 g/mol. The number of benzene rings is 1. The van der Waals surface area contributed by atoms with E-state index in [2.05, 4.69) is 10.3 Å². The molecule has 0 aliphatic carbocycles. The van der Waals surface area contributed by atoms with E-state index in [1.807, 2.05) is 10.9 Å². The molecule has 2 aromatic rings. The van der Waals surface area contributed by atoms with Gasteiger partial charge in [-0.15, -0.1) is 5.10 Å². The summed E-state index contributed by atoms with van der Waals surface area (Å²) in [5, 5.41) is 7.39. The van der Waals surface area contributed by atoms with Crippen molar-refractivity contribution in [1.29, 1.82) is 0 Å². The van der Waals surface area contributed by atoms with Crippen molar-refractivity contribution >= 4 is 5.91 Å². The predicted octanol–water partition coefficient (Wildman–Crippen LogP) is 1.46. The summed E-state index contributed by atoms with van der Waals surface area (Å²) in [4.78, 5) is 11.8. The first-order chi connectivity index (χ1) is 10.8. The molecule has 23 heavy (non-hydrogen) atoms. The van der Waals surface area contributed by atoms with Gasteiger partial charge in [0, 0.05) is 6.07 Å². The first-order valence-corrected chi connectivity index (χ1v) is 6.50. The van der Waals surface area contributed by atoms with E-state index in [1.165, 1.54) is 18.0 Å². The van der Waals surface area contributed by atoms with Crippen LogP contribution >= 0.6 is 0 Å². The average Bonchev–Trinajstić information content (AvgIpc) is 3.01. The Balaban J connectivity index is 2.05. The highest BCUT2D eigenvalue weighted by atomic mass is 19.4. The van der Waals surface area contributed by atoms with Crippen molar-refractivity contribution in [3.8, 4) is 11.4 Å². The molecule has 0 bridgehead atoms. The minimum Gasteiger partial charge on any atom is -0.497 e.